The van der Waals surface area contributed by atoms with Gasteiger partial charge < -0.3 is 5.73 Å². The number of hydrogen-bond acceptors (Lipinski definition) is 3. The molecule has 0 spiro atoms. The summed E-state index contributed by atoms with van der Waals surface area (Å²) in [5.74, 6) is -0.408. The van der Waals surface area contributed by atoms with Crippen LogP contribution >= 0.6 is 24.0 Å². The number of carbonyl (C=O) groups is 1. The Morgan fingerprint density at radius 3 is 2.80 bits per heavy atom. The Bertz CT molecular complexity index is 334. The fraction of sp³-hybridized carbons (Fsp3) is 0.222. The first kappa shape index (κ1) is 14.2. The maximum absolute atomic E-state index is 11.3. The van der Waals surface area contributed by atoms with E-state index < -0.39 is 11.9 Å². The van der Waals surface area contributed by atoms with Crippen molar-refractivity contribution in [2.75, 3.05) is 7.11 Å². The minimum atomic E-state index is -0.770. The number of hydroxylamine groups is 1. The molecular weight excluding hydrogens is 239 g/mol. The van der Waals surface area contributed by atoms with Gasteiger partial charge in [0.05, 0.1) is 7.11 Å². The maximum Gasteiger partial charge on any atom is 0.265 e. The molecular formula is C9H12Cl2N2O2. The Balaban J connectivity index is 0.00000196. The minimum absolute atomic E-state index is 0. The van der Waals surface area contributed by atoms with Gasteiger partial charge >= 0.3 is 0 Å². The molecule has 0 bridgehead atoms. The van der Waals surface area contributed by atoms with Crippen LogP contribution in [0, 0.1) is 0 Å². The summed E-state index contributed by atoms with van der Waals surface area (Å²) in [5, 5.41) is 0.545. The van der Waals surface area contributed by atoms with E-state index in [0.717, 1.165) is 0 Å². The number of hydrogen-bond donors (Lipinski definition) is 2. The van der Waals surface area contributed by atoms with Gasteiger partial charge in [-0.15, -0.1) is 12.4 Å². The molecule has 6 heteroatoms. The molecule has 0 aliphatic carbocycles. The predicted octanol–water partition coefficient (Wildman–Crippen LogP) is 1.44. The van der Waals surface area contributed by atoms with Crippen molar-refractivity contribution >= 4 is 29.9 Å². The van der Waals surface area contributed by atoms with E-state index in [1.807, 2.05) is 0 Å². The van der Waals surface area contributed by atoms with Crippen molar-refractivity contribution in [1.82, 2.24) is 5.48 Å². The van der Waals surface area contributed by atoms with Crippen LogP contribution in [0.25, 0.3) is 0 Å². The fourth-order valence-corrected chi connectivity index (χ4v) is 1.21. The zero-order chi connectivity index (χ0) is 10.6. The molecule has 3 N–H and O–H groups in total. The number of nitrogens with two attached hydrogens (primary N) is 1. The third kappa shape index (κ3) is 4.05. The van der Waals surface area contributed by atoms with Gasteiger partial charge in [0.25, 0.3) is 5.91 Å². The molecule has 0 radical (unpaired) electrons. The van der Waals surface area contributed by atoms with Gasteiger partial charge in [-0.25, -0.2) is 5.48 Å². The summed E-state index contributed by atoms with van der Waals surface area (Å²) in [6.07, 6.45) is 0. The van der Waals surface area contributed by atoms with Crippen molar-refractivity contribution in [3.8, 4) is 0 Å². The van der Waals surface area contributed by atoms with E-state index >= 15 is 0 Å². The van der Waals surface area contributed by atoms with E-state index in [1.165, 1.54) is 7.11 Å². The van der Waals surface area contributed by atoms with E-state index in [1.54, 1.807) is 24.3 Å². The Labute approximate surface area is 99.1 Å². The van der Waals surface area contributed by atoms with E-state index in [4.69, 9.17) is 17.3 Å². The highest BCUT2D eigenvalue weighted by Crippen LogP contribution is 2.15. The van der Waals surface area contributed by atoms with Crippen LogP contribution in [0.15, 0.2) is 24.3 Å². The second kappa shape index (κ2) is 6.63. The fourth-order valence-electron chi connectivity index (χ4n) is 1.02. The SMILES string of the molecule is CONC(=O)C(N)c1cccc(Cl)c1.Cl. The van der Waals surface area contributed by atoms with Gasteiger partial charge in [0.15, 0.2) is 0 Å². The van der Waals surface area contributed by atoms with Crippen molar-refractivity contribution in [2.24, 2.45) is 5.73 Å². The van der Waals surface area contributed by atoms with Gasteiger partial charge in [-0.3, -0.25) is 9.63 Å². The second-order valence-electron chi connectivity index (χ2n) is 2.70. The summed E-state index contributed by atoms with van der Waals surface area (Å²) >= 11 is 5.75. The largest absolute Gasteiger partial charge is 0.316 e. The van der Waals surface area contributed by atoms with Crippen molar-refractivity contribution in [1.29, 1.82) is 0 Å². The topological polar surface area (TPSA) is 64.3 Å². The lowest BCUT2D eigenvalue weighted by molar-refractivity contribution is -0.132. The molecule has 1 aromatic rings. The molecule has 1 unspecified atom stereocenters. The van der Waals surface area contributed by atoms with Gasteiger partial charge in [0.2, 0.25) is 0 Å². The summed E-state index contributed by atoms with van der Waals surface area (Å²) in [6.45, 7) is 0. The van der Waals surface area contributed by atoms with Crippen molar-refractivity contribution in [3.05, 3.63) is 34.9 Å². The lowest BCUT2D eigenvalue weighted by Crippen LogP contribution is -2.33. The Morgan fingerprint density at radius 2 is 2.27 bits per heavy atom. The lowest BCUT2D eigenvalue weighted by atomic mass is 10.1. The molecule has 0 saturated carbocycles. The van der Waals surface area contributed by atoms with E-state index in [9.17, 15) is 4.79 Å². The Hall–Kier alpha value is -0.810. The van der Waals surface area contributed by atoms with E-state index in [0.29, 0.717) is 10.6 Å². The molecule has 15 heavy (non-hydrogen) atoms. The molecule has 0 aliphatic heterocycles. The third-order valence-corrected chi connectivity index (χ3v) is 1.93. The summed E-state index contributed by atoms with van der Waals surface area (Å²) < 4.78 is 0. The van der Waals surface area contributed by atoms with Gasteiger partial charge in [-0.2, -0.15) is 0 Å². The molecule has 1 atom stereocenters. The monoisotopic (exact) mass is 250 g/mol. The van der Waals surface area contributed by atoms with Crippen LogP contribution in [0.4, 0.5) is 0 Å². The molecule has 0 saturated heterocycles. The second-order valence-corrected chi connectivity index (χ2v) is 3.14. The maximum atomic E-state index is 11.3. The smallest absolute Gasteiger partial charge is 0.265 e. The number of halogens is 2. The number of amides is 1. The highest BCUT2D eigenvalue weighted by molar-refractivity contribution is 6.30. The minimum Gasteiger partial charge on any atom is -0.316 e. The molecule has 0 aromatic heterocycles. The number of rotatable bonds is 3. The summed E-state index contributed by atoms with van der Waals surface area (Å²) in [4.78, 5) is 15.7. The zero-order valence-corrected chi connectivity index (χ0v) is 9.64. The predicted molar refractivity (Wildman–Crippen MR) is 60.8 cm³/mol. The molecule has 84 valence electrons. The van der Waals surface area contributed by atoms with Crippen LogP contribution in [0.5, 0.6) is 0 Å². The first-order valence-electron chi connectivity index (χ1n) is 3.99. The summed E-state index contributed by atoms with van der Waals surface area (Å²) in [6, 6.07) is 6.05. The van der Waals surface area contributed by atoms with Gasteiger partial charge in [0, 0.05) is 5.02 Å². The van der Waals surface area contributed by atoms with Crippen LogP contribution in [0.2, 0.25) is 5.02 Å². The number of benzene rings is 1. The highest BCUT2D eigenvalue weighted by Gasteiger charge is 2.15. The number of carbonyl (C=O) groups excluding carboxylic acids is 1. The quantitative estimate of drug-likeness (QED) is 0.799. The molecule has 0 aliphatic rings. The normalized spacial score (nSPS) is 11.4. The molecule has 0 fully saturated rings. The first-order chi connectivity index (χ1) is 6.65. The molecule has 1 rings (SSSR count). The van der Waals surface area contributed by atoms with Crippen LogP contribution in [-0.4, -0.2) is 13.0 Å². The molecule has 4 nitrogen and oxygen atoms in total. The van der Waals surface area contributed by atoms with Crippen LogP contribution in [0.1, 0.15) is 11.6 Å². The van der Waals surface area contributed by atoms with Crippen molar-refractivity contribution in [2.45, 2.75) is 6.04 Å². The zero-order valence-electron chi connectivity index (χ0n) is 8.07. The van der Waals surface area contributed by atoms with Gasteiger partial charge in [-0.1, -0.05) is 23.7 Å². The van der Waals surface area contributed by atoms with Crippen molar-refractivity contribution < 1.29 is 9.63 Å². The molecule has 1 aromatic carbocycles. The molecule has 1 amide bonds. The summed E-state index contributed by atoms with van der Waals surface area (Å²) in [5.41, 5.74) is 8.44. The summed E-state index contributed by atoms with van der Waals surface area (Å²) in [7, 11) is 1.35. The molecule has 0 heterocycles. The average molecular weight is 251 g/mol. The number of nitrogens with one attached hydrogen (secondary N) is 1. The van der Waals surface area contributed by atoms with Crippen LogP contribution in [-0.2, 0) is 9.63 Å². The lowest BCUT2D eigenvalue weighted by Gasteiger charge is -2.10. The van der Waals surface area contributed by atoms with E-state index in [-0.39, 0.29) is 12.4 Å². The van der Waals surface area contributed by atoms with Gasteiger partial charge in [-0.05, 0) is 17.7 Å². The highest BCUT2D eigenvalue weighted by atomic mass is 35.5. The average Bonchev–Trinajstić information content (AvgIpc) is 2.17. The van der Waals surface area contributed by atoms with Crippen LogP contribution in [0.3, 0.4) is 0 Å². The Morgan fingerprint density at radius 1 is 1.60 bits per heavy atom. The standard InChI is InChI=1S/C9H11ClN2O2.ClH/c1-14-12-9(13)8(11)6-3-2-4-7(10)5-6;/h2-5,8H,11H2,1H3,(H,12,13);1H. The van der Waals surface area contributed by atoms with E-state index in [2.05, 4.69) is 10.3 Å². The van der Waals surface area contributed by atoms with Gasteiger partial charge in [0.1, 0.15) is 6.04 Å². The third-order valence-electron chi connectivity index (χ3n) is 1.69. The first-order valence-corrected chi connectivity index (χ1v) is 4.37. The van der Waals surface area contributed by atoms with Crippen molar-refractivity contribution in [3.63, 3.8) is 0 Å². The van der Waals surface area contributed by atoms with Crippen LogP contribution < -0.4 is 11.2 Å². The Kier molecular flexibility index (Phi) is 6.27.